The third-order valence-electron chi connectivity index (χ3n) is 2.79. The van der Waals surface area contributed by atoms with Crippen molar-refractivity contribution in [2.45, 2.75) is 17.5 Å². The van der Waals surface area contributed by atoms with Crippen LogP contribution in [0.25, 0.3) is 0 Å². The van der Waals surface area contributed by atoms with Gasteiger partial charge in [0.1, 0.15) is 0 Å². The third-order valence-corrected chi connectivity index (χ3v) is 4.83. The molecule has 0 saturated heterocycles. The molecule has 0 amide bonds. The molecule has 1 aromatic heterocycles. The van der Waals surface area contributed by atoms with Crippen molar-refractivity contribution in [3.05, 3.63) is 40.3 Å². The minimum absolute atomic E-state index is 0.216. The van der Waals surface area contributed by atoms with Gasteiger partial charge in [-0.15, -0.1) is 11.3 Å². The summed E-state index contributed by atoms with van der Waals surface area (Å²) in [4.78, 5) is 3.75. The molecule has 0 aliphatic heterocycles. The maximum absolute atomic E-state index is 12.4. The quantitative estimate of drug-likeness (QED) is 0.899. The number of hydrogen-bond acceptors (Lipinski definition) is 5. The van der Waals surface area contributed by atoms with Crippen molar-refractivity contribution < 1.29 is 21.6 Å². The van der Waals surface area contributed by atoms with Gasteiger partial charge in [-0.05, 0) is 24.3 Å². The Labute approximate surface area is 129 Å². The van der Waals surface area contributed by atoms with Crippen LogP contribution in [0.2, 0.25) is 0 Å². The van der Waals surface area contributed by atoms with E-state index in [0.717, 1.165) is 23.0 Å². The molecule has 1 aromatic carbocycles. The largest absolute Gasteiger partial charge is 0.434 e. The predicted octanol–water partition coefficient (Wildman–Crippen LogP) is 3.22. The molecule has 9 heteroatoms. The lowest BCUT2D eigenvalue weighted by molar-refractivity contribution is -0.140. The van der Waals surface area contributed by atoms with Gasteiger partial charge in [0.25, 0.3) is 0 Å². The van der Waals surface area contributed by atoms with E-state index in [1.165, 1.54) is 12.1 Å². The molecule has 2 rings (SSSR count). The number of alkyl halides is 3. The van der Waals surface area contributed by atoms with E-state index in [-0.39, 0.29) is 4.90 Å². The zero-order valence-electron chi connectivity index (χ0n) is 11.5. The Balaban J connectivity index is 1.90. The van der Waals surface area contributed by atoms with E-state index >= 15 is 0 Å². The molecule has 22 heavy (non-hydrogen) atoms. The fraction of sp³-hybridized carbons (Fsp3) is 0.308. The first-order valence-corrected chi connectivity index (χ1v) is 8.99. The zero-order chi connectivity index (χ0) is 16.4. The molecule has 0 radical (unpaired) electrons. The Hall–Kier alpha value is -1.61. The number of hydrogen-bond donors (Lipinski definition) is 1. The third kappa shape index (κ3) is 4.44. The van der Waals surface area contributed by atoms with Crippen molar-refractivity contribution in [2.75, 3.05) is 18.1 Å². The van der Waals surface area contributed by atoms with Crippen LogP contribution in [0.5, 0.6) is 0 Å². The molecule has 0 unspecified atom stereocenters. The molecule has 0 aliphatic rings. The molecule has 1 N–H and O–H groups in total. The van der Waals surface area contributed by atoms with Crippen LogP contribution in [-0.4, -0.2) is 26.2 Å². The van der Waals surface area contributed by atoms with Crippen molar-refractivity contribution in [1.82, 2.24) is 4.98 Å². The molecule has 0 saturated carbocycles. The van der Waals surface area contributed by atoms with Gasteiger partial charge in [0.05, 0.1) is 9.90 Å². The fourth-order valence-corrected chi connectivity index (χ4v) is 3.13. The summed E-state index contributed by atoms with van der Waals surface area (Å²) in [5.41, 5.74) is -0.176. The van der Waals surface area contributed by atoms with Crippen LogP contribution in [0, 0.1) is 0 Å². The first-order valence-electron chi connectivity index (χ1n) is 6.22. The maximum Gasteiger partial charge on any atom is 0.434 e. The maximum atomic E-state index is 12.4. The van der Waals surface area contributed by atoms with E-state index in [1.54, 1.807) is 12.1 Å². The first-order chi connectivity index (χ1) is 10.2. The highest BCUT2D eigenvalue weighted by atomic mass is 32.2. The monoisotopic (exact) mass is 350 g/mol. The lowest BCUT2D eigenvalue weighted by Crippen LogP contribution is -2.07. The molecule has 0 spiro atoms. The second kappa shape index (κ2) is 6.25. The Morgan fingerprint density at radius 3 is 2.36 bits per heavy atom. The van der Waals surface area contributed by atoms with Crippen LogP contribution < -0.4 is 5.32 Å². The molecule has 4 nitrogen and oxygen atoms in total. The molecule has 1 heterocycles. The molecule has 0 bridgehead atoms. The van der Waals surface area contributed by atoms with Crippen LogP contribution in [0.3, 0.4) is 0 Å². The molecule has 2 aromatic rings. The first kappa shape index (κ1) is 16.8. The van der Waals surface area contributed by atoms with Gasteiger partial charge in [-0.3, -0.25) is 0 Å². The van der Waals surface area contributed by atoms with Gasteiger partial charge in [-0.2, -0.15) is 13.2 Å². The number of halogens is 3. The molecule has 0 fully saturated rings. The van der Waals surface area contributed by atoms with Crippen molar-refractivity contribution >= 4 is 26.9 Å². The number of aromatic nitrogens is 1. The van der Waals surface area contributed by atoms with Crippen molar-refractivity contribution in [3.8, 4) is 0 Å². The summed E-state index contributed by atoms with van der Waals surface area (Å²) in [6.45, 7) is 0.406. The van der Waals surface area contributed by atoms with E-state index in [2.05, 4.69) is 10.3 Å². The Kier molecular flexibility index (Phi) is 4.76. The van der Waals surface area contributed by atoms with Gasteiger partial charge < -0.3 is 5.32 Å². The number of rotatable bonds is 5. The lowest BCUT2D eigenvalue weighted by Gasteiger charge is -2.06. The van der Waals surface area contributed by atoms with Gasteiger partial charge in [0.15, 0.2) is 15.5 Å². The van der Waals surface area contributed by atoms with E-state index < -0.39 is 21.7 Å². The molecule has 0 atom stereocenters. The summed E-state index contributed by atoms with van der Waals surface area (Å²) in [5.74, 6) is 0. The van der Waals surface area contributed by atoms with E-state index in [0.29, 0.717) is 23.7 Å². The number of anilines is 1. The van der Waals surface area contributed by atoms with Crippen molar-refractivity contribution in [3.63, 3.8) is 0 Å². The van der Waals surface area contributed by atoms with Crippen molar-refractivity contribution in [1.29, 1.82) is 0 Å². The molecule has 120 valence electrons. The summed E-state index contributed by atoms with van der Waals surface area (Å²) in [6.07, 6.45) is -2.94. The number of sulfone groups is 1. The molecular formula is C13H13F3N2O2S2. The SMILES string of the molecule is CS(=O)(=O)c1ccc(NCCc2nc(C(F)(F)F)cs2)cc1. The topological polar surface area (TPSA) is 59.1 Å². The second-order valence-corrected chi connectivity index (χ2v) is 7.56. The summed E-state index contributed by atoms with van der Waals surface area (Å²) >= 11 is 0.967. The summed E-state index contributed by atoms with van der Waals surface area (Å²) in [6, 6.07) is 6.17. The Bertz CT molecular complexity index is 737. The zero-order valence-corrected chi connectivity index (χ0v) is 13.1. The van der Waals surface area contributed by atoms with Crippen LogP contribution in [0.1, 0.15) is 10.7 Å². The van der Waals surface area contributed by atoms with E-state index in [1.807, 2.05) is 0 Å². The van der Waals surface area contributed by atoms with Gasteiger partial charge >= 0.3 is 6.18 Å². The Morgan fingerprint density at radius 1 is 1.23 bits per heavy atom. The summed E-state index contributed by atoms with van der Waals surface area (Å²) in [5, 5.41) is 4.40. The number of benzene rings is 1. The van der Waals surface area contributed by atoms with Crippen LogP contribution in [0.4, 0.5) is 18.9 Å². The molecular weight excluding hydrogens is 337 g/mol. The second-order valence-electron chi connectivity index (χ2n) is 4.60. The normalized spacial score (nSPS) is 12.4. The lowest BCUT2D eigenvalue weighted by atomic mass is 10.3. The van der Waals surface area contributed by atoms with Crippen molar-refractivity contribution in [2.24, 2.45) is 0 Å². The van der Waals surface area contributed by atoms with Crippen LogP contribution >= 0.6 is 11.3 Å². The Morgan fingerprint density at radius 2 is 1.86 bits per heavy atom. The highest BCUT2D eigenvalue weighted by Crippen LogP contribution is 2.30. The van der Waals surface area contributed by atoms with Gasteiger partial charge in [-0.1, -0.05) is 0 Å². The number of nitrogens with one attached hydrogen (secondary N) is 1. The summed E-state index contributed by atoms with van der Waals surface area (Å²) < 4.78 is 59.8. The van der Waals surface area contributed by atoms with Crippen LogP contribution in [0.15, 0.2) is 34.5 Å². The van der Waals surface area contributed by atoms with Gasteiger partial charge in [0, 0.05) is 30.3 Å². The highest BCUT2D eigenvalue weighted by Gasteiger charge is 2.33. The minimum Gasteiger partial charge on any atom is -0.385 e. The van der Waals surface area contributed by atoms with Crippen LogP contribution in [-0.2, 0) is 22.4 Å². The van der Waals surface area contributed by atoms with Gasteiger partial charge in [-0.25, -0.2) is 13.4 Å². The summed E-state index contributed by atoms with van der Waals surface area (Å²) in [7, 11) is -3.24. The standard InChI is InChI=1S/C13H13F3N2O2S2/c1-22(19,20)10-4-2-9(3-5-10)17-7-6-12-18-11(8-21-12)13(14,15)16/h2-5,8,17H,6-7H2,1H3. The van der Waals surface area contributed by atoms with E-state index in [9.17, 15) is 21.6 Å². The highest BCUT2D eigenvalue weighted by molar-refractivity contribution is 7.90. The minimum atomic E-state index is -4.41. The number of thiazole rings is 1. The average Bonchev–Trinajstić information content (AvgIpc) is 2.87. The molecule has 0 aliphatic carbocycles. The predicted molar refractivity (Wildman–Crippen MR) is 78.9 cm³/mol. The fourth-order valence-electron chi connectivity index (χ4n) is 1.69. The van der Waals surface area contributed by atoms with E-state index in [4.69, 9.17) is 0 Å². The van der Waals surface area contributed by atoms with Gasteiger partial charge in [0.2, 0.25) is 0 Å². The number of nitrogens with zero attached hydrogens (tertiary/aromatic N) is 1. The average molecular weight is 350 g/mol. The smallest absolute Gasteiger partial charge is 0.385 e.